The molecule has 10 heteroatoms. The van der Waals surface area contributed by atoms with E-state index < -0.39 is 17.5 Å². The number of anilines is 2. The molecule has 2 aromatic heterocycles. The maximum absolute atomic E-state index is 14.4. The highest BCUT2D eigenvalue weighted by atomic mass is 32.1. The molecule has 0 spiro atoms. The number of hydrogen-bond donors (Lipinski definition) is 2. The summed E-state index contributed by atoms with van der Waals surface area (Å²) in [7, 11) is 0. The number of carbonyl (C=O) groups excluding carboxylic acids is 2. The molecule has 4 aromatic rings. The van der Waals surface area contributed by atoms with Gasteiger partial charge in [-0.2, -0.15) is 0 Å². The summed E-state index contributed by atoms with van der Waals surface area (Å²) in [5, 5.41) is 8.94. The summed E-state index contributed by atoms with van der Waals surface area (Å²) in [6.45, 7) is 1.34. The number of aromatic nitrogens is 2. The predicted molar refractivity (Wildman–Crippen MR) is 117 cm³/mol. The van der Waals surface area contributed by atoms with Crippen LogP contribution in [0.25, 0.3) is 21.8 Å². The van der Waals surface area contributed by atoms with Crippen LogP contribution in [0.2, 0.25) is 0 Å². The monoisotopic (exact) mass is 456 g/mol. The molecule has 2 N–H and O–H groups in total. The van der Waals surface area contributed by atoms with E-state index in [1.54, 1.807) is 29.6 Å². The van der Waals surface area contributed by atoms with Crippen LogP contribution in [0, 0.1) is 11.6 Å². The average Bonchev–Trinajstić information content (AvgIpc) is 3.38. The Morgan fingerprint density at radius 1 is 0.903 bits per heavy atom. The maximum Gasteiger partial charge on any atom is 0.276 e. The van der Waals surface area contributed by atoms with Gasteiger partial charge in [0.25, 0.3) is 5.91 Å². The number of hydrogen-bond acceptors (Lipinski definition) is 6. The molecule has 4 rings (SSSR count). The number of amides is 2. The summed E-state index contributed by atoms with van der Waals surface area (Å²) in [4.78, 5) is 32.0. The molecule has 0 saturated heterocycles. The lowest BCUT2D eigenvalue weighted by Gasteiger charge is -2.04. The van der Waals surface area contributed by atoms with E-state index in [2.05, 4.69) is 20.6 Å². The van der Waals surface area contributed by atoms with Gasteiger partial charge in [-0.05, 0) is 30.3 Å². The van der Waals surface area contributed by atoms with Crippen molar-refractivity contribution in [1.82, 2.24) is 9.97 Å². The van der Waals surface area contributed by atoms with Crippen LogP contribution < -0.4 is 10.6 Å². The third-order valence-corrected chi connectivity index (χ3v) is 5.76. The van der Waals surface area contributed by atoms with Crippen molar-refractivity contribution in [2.24, 2.45) is 0 Å². The van der Waals surface area contributed by atoms with Crippen molar-refractivity contribution in [2.75, 3.05) is 10.6 Å². The smallest absolute Gasteiger partial charge is 0.276 e. The van der Waals surface area contributed by atoms with E-state index in [-0.39, 0.29) is 22.3 Å². The average molecular weight is 456 g/mol. The van der Waals surface area contributed by atoms with Gasteiger partial charge in [-0.3, -0.25) is 14.9 Å². The molecule has 0 atom stereocenters. The number of rotatable bonds is 5. The van der Waals surface area contributed by atoms with E-state index in [1.165, 1.54) is 30.5 Å². The normalized spacial score (nSPS) is 10.7. The predicted octanol–water partition coefficient (Wildman–Crippen LogP) is 5.42. The molecular weight excluding hydrogens is 442 g/mol. The van der Waals surface area contributed by atoms with Crippen LogP contribution in [0.1, 0.15) is 17.4 Å². The van der Waals surface area contributed by atoms with E-state index in [1.807, 2.05) is 0 Å². The van der Waals surface area contributed by atoms with Crippen LogP contribution in [-0.2, 0) is 4.79 Å². The highest BCUT2D eigenvalue weighted by Crippen LogP contribution is 2.30. The van der Waals surface area contributed by atoms with Gasteiger partial charge in [0.2, 0.25) is 5.91 Å². The lowest BCUT2D eigenvalue weighted by molar-refractivity contribution is -0.114. The van der Waals surface area contributed by atoms with E-state index in [0.717, 1.165) is 22.7 Å². The number of nitrogens with zero attached hydrogens (tertiary/aromatic N) is 2. The van der Waals surface area contributed by atoms with Gasteiger partial charge in [-0.15, -0.1) is 22.7 Å². The van der Waals surface area contributed by atoms with Crippen LogP contribution in [-0.4, -0.2) is 21.8 Å². The molecule has 0 unspecified atom stereocenters. The highest BCUT2D eigenvalue weighted by Gasteiger charge is 2.17. The molecule has 0 aliphatic rings. The fourth-order valence-corrected chi connectivity index (χ4v) is 4.29. The summed E-state index contributed by atoms with van der Waals surface area (Å²) in [6, 6.07) is 10.5. The van der Waals surface area contributed by atoms with Crippen LogP contribution in [0.15, 0.2) is 53.2 Å². The van der Waals surface area contributed by atoms with Crippen molar-refractivity contribution in [3.8, 4) is 21.8 Å². The molecule has 31 heavy (non-hydrogen) atoms. The summed E-state index contributed by atoms with van der Waals surface area (Å²) in [5.74, 6) is -1.77. The van der Waals surface area contributed by atoms with Crippen LogP contribution >= 0.6 is 22.7 Å². The second-order valence-corrected chi connectivity index (χ2v) is 8.10. The Hall–Kier alpha value is -3.50. The Bertz CT molecular complexity index is 1290. The fourth-order valence-electron chi connectivity index (χ4n) is 2.76. The molecule has 0 saturated carbocycles. The zero-order valence-electron chi connectivity index (χ0n) is 16.0. The Morgan fingerprint density at radius 2 is 1.71 bits per heavy atom. The van der Waals surface area contributed by atoms with Crippen molar-refractivity contribution in [2.45, 2.75) is 6.92 Å². The van der Waals surface area contributed by atoms with E-state index in [9.17, 15) is 18.4 Å². The first-order valence-corrected chi connectivity index (χ1v) is 10.7. The highest BCUT2D eigenvalue weighted by molar-refractivity contribution is 7.14. The topological polar surface area (TPSA) is 84.0 Å². The molecular formula is C21H14F2N4O2S2. The van der Waals surface area contributed by atoms with E-state index >= 15 is 0 Å². The minimum Gasteiger partial charge on any atom is -0.326 e. The molecule has 2 amide bonds. The molecule has 0 aliphatic carbocycles. The first-order valence-electron chi connectivity index (χ1n) is 8.95. The molecule has 156 valence electrons. The minimum absolute atomic E-state index is 0.130. The molecule has 0 bridgehead atoms. The standard InChI is InChI=1S/C21H14F2N4O2S2/c1-11(28)24-12-6-7-13(16(23)8-12)17-9-31-21(26-17)27-19(29)18-10-30-20(25-18)14-4-2-3-5-15(14)22/h2-10H,1H3,(H,24,28)(H,26,27,29). The maximum atomic E-state index is 14.4. The largest absolute Gasteiger partial charge is 0.326 e. The minimum atomic E-state index is -0.552. The van der Waals surface area contributed by atoms with Crippen molar-refractivity contribution >= 4 is 45.3 Å². The molecule has 0 fully saturated rings. The number of benzene rings is 2. The number of carbonyl (C=O) groups is 2. The third-order valence-electron chi connectivity index (χ3n) is 4.13. The number of thiazole rings is 2. The number of nitrogens with one attached hydrogen (secondary N) is 2. The van der Waals surface area contributed by atoms with Gasteiger partial charge in [0.1, 0.15) is 22.3 Å². The molecule has 2 heterocycles. The second kappa shape index (κ2) is 8.70. The fraction of sp³-hybridized carbons (Fsp3) is 0.0476. The van der Waals surface area contributed by atoms with Gasteiger partial charge >= 0.3 is 0 Å². The van der Waals surface area contributed by atoms with Crippen molar-refractivity contribution in [1.29, 1.82) is 0 Å². The number of halogens is 2. The van der Waals surface area contributed by atoms with Crippen LogP contribution in [0.3, 0.4) is 0 Å². The van der Waals surface area contributed by atoms with Crippen molar-refractivity contribution in [3.05, 3.63) is 70.6 Å². The molecule has 6 nitrogen and oxygen atoms in total. The first kappa shape index (κ1) is 20.8. The summed E-state index contributed by atoms with van der Waals surface area (Å²) < 4.78 is 28.3. The van der Waals surface area contributed by atoms with Gasteiger partial charge in [0.05, 0.1) is 5.69 Å². The molecule has 0 radical (unpaired) electrons. The van der Waals surface area contributed by atoms with Gasteiger partial charge in [0, 0.05) is 34.5 Å². The van der Waals surface area contributed by atoms with Crippen LogP contribution in [0.4, 0.5) is 19.6 Å². The lowest BCUT2D eigenvalue weighted by Crippen LogP contribution is -2.12. The summed E-state index contributed by atoms with van der Waals surface area (Å²) in [5.41, 5.74) is 1.37. The van der Waals surface area contributed by atoms with E-state index in [0.29, 0.717) is 22.0 Å². The third kappa shape index (κ3) is 4.65. The van der Waals surface area contributed by atoms with Crippen molar-refractivity contribution in [3.63, 3.8) is 0 Å². The second-order valence-electron chi connectivity index (χ2n) is 6.39. The zero-order chi connectivity index (χ0) is 22.0. The molecule has 2 aromatic carbocycles. The Balaban J connectivity index is 1.49. The van der Waals surface area contributed by atoms with Crippen LogP contribution in [0.5, 0.6) is 0 Å². The summed E-state index contributed by atoms with van der Waals surface area (Å²) in [6.07, 6.45) is 0. The zero-order valence-corrected chi connectivity index (χ0v) is 17.6. The van der Waals surface area contributed by atoms with Gasteiger partial charge < -0.3 is 5.32 Å². The van der Waals surface area contributed by atoms with Gasteiger partial charge in [-0.1, -0.05) is 12.1 Å². The summed E-state index contributed by atoms with van der Waals surface area (Å²) >= 11 is 2.29. The first-order chi connectivity index (χ1) is 14.9. The van der Waals surface area contributed by atoms with Crippen molar-refractivity contribution < 1.29 is 18.4 Å². The van der Waals surface area contributed by atoms with Gasteiger partial charge in [-0.25, -0.2) is 18.7 Å². The van der Waals surface area contributed by atoms with E-state index in [4.69, 9.17) is 0 Å². The quantitative estimate of drug-likeness (QED) is 0.420. The molecule has 0 aliphatic heterocycles. The Kier molecular flexibility index (Phi) is 5.83. The van der Waals surface area contributed by atoms with Gasteiger partial charge in [0.15, 0.2) is 5.13 Å². The lowest BCUT2D eigenvalue weighted by atomic mass is 10.1. The Morgan fingerprint density at radius 3 is 2.45 bits per heavy atom. The Labute approximate surface area is 183 Å². The SMILES string of the molecule is CC(=O)Nc1ccc(-c2csc(NC(=O)c3csc(-c4ccccc4F)n3)n2)c(F)c1.